The zero-order valence-corrected chi connectivity index (χ0v) is 15.4. The highest BCUT2D eigenvalue weighted by Gasteiger charge is 2.16. The van der Waals surface area contributed by atoms with Crippen molar-refractivity contribution < 1.29 is 13.2 Å². The molecule has 0 saturated carbocycles. The van der Waals surface area contributed by atoms with Gasteiger partial charge in [0.25, 0.3) is 5.91 Å². The van der Waals surface area contributed by atoms with Crippen molar-refractivity contribution in [3.63, 3.8) is 0 Å². The van der Waals surface area contributed by atoms with Crippen LogP contribution in [-0.2, 0) is 16.4 Å². The van der Waals surface area contributed by atoms with Crippen molar-refractivity contribution in [3.05, 3.63) is 64.9 Å². The molecule has 0 aliphatic rings. The first kappa shape index (κ1) is 19.4. The molecule has 0 atom stereocenters. The summed E-state index contributed by atoms with van der Waals surface area (Å²) in [5.74, 6) is -0.278. The van der Waals surface area contributed by atoms with Crippen molar-refractivity contribution in [2.75, 3.05) is 25.9 Å². The van der Waals surface area contributed by atoms with Gasteiger partial charge in [0, 0.05) is 37.1 Å². The van der Waals surface area contributed by atoms with E-state index in [0.29, 0.717) is 23.6 Å². The average molecular weight is 382 g/mol. The first-order valence-corrected chi connectivity index (χ1v) is 9.96. The standard InChI is InChI=1S/C17H20ClN3O3S/c1-25(23,24)21(11-8-14-4-6-16(18)7-5-14)12-10-20-17(22)15-3-2-9-19-13-15/h2-7,9,13H,8,10-12H2,1H3,(H,20,22). The van der Waals surface area contributed by atoms with E-state index in [-0.39, 0.29) is 19.0 Å². The number of sulfonamides is 1. The Labute approximate surface area is 152 Å². The van der Waals surface area contributed by atoms with Crippen molar-refractivity contribution in [1.29, 1.82) is 0 Å². The number of benzene rings is 1. The minimum absolute atomic E-state index is 0.207. The van der Waals surface area contributed by atoms with Crippen LogP contribution >= 0.6 is 11.6 Å². The number of amides is 1. The molecule has 2 rings (SSSR count). The van der Waals surface area contributed by atoms with Crippen molar-refractivity contribution in [2.45, 2.75) is 6.42 Å². The van der Waals surface area contributed by atoms with E-state index >= 15 is 0 Å². The molecule has 0 fully saturated rings. The molecule has 6 nitrogen and oxygen atoms in total. The van der Waals surface area contributed by atoms with Crippen LogP contribution in [0.25, 0.3) is 0 Å². The number of nitrogens with zero attached hydrogens (tertiary/aromatic N) is 2. The van der Waals surface area contributed by atoms with Gasteiger partial charge in [0.05, 0.1) is 11.8 Å². The second-order valence-electron chi connectivity index (χ2n) is 5.54. The van der Waals surface area contributed by atoms with Gasteiger partial charge in [-0.1, -0.05) is 23.7 Å². The largest absolute Gasteiger partial charge is 0.351 e. The van der Waals surface area contributed by atoms with Crippen LogP contribution in [0.1, 0.15) is 15.9 Å². The maximum absolute atomic E-state index is 12.0. The third kappa shape index (κ3) is 6.45. The maximum Gasteiger partial charge on any atom is 0.252 e. The summed E-state index contributed by atoms with van der Waals surface area (Å²) < 4.78 is 25.2. The molecule has 1 heterocycles. The summed E-state index contributed by atoms with van der Waals surface area (Å²) in [5, 5.41) is 3.35. The van der Waals surface area contributed by atoms with Gasteiger partial charge in [0.1, 0.15) is 0 Å². The van der Waals surface area contributed by atoms with Gasteiger partial charge in [-0.15, -0.1) is 0 Å². The molecule has 1 N–H and O–H groups in total. The lowest BCUT2D eigenvalue weighted by atomic mass is 10.1. The van der Waals surface area contributed by atoms with Crippen LogP contribution in [0, 0.1) is 0 Å². The highest BCUT2D eigenvalue weighted by atomic mass is 35.5. The number of hydrogen-bond donors (Lipinski definition) is 1. The maximum atomic E-state index is 12.0. The van der Waals surface area contributed by atoms with E-state index in [4.69, 9.17) is 11.6 Å². The van der Waals surface area contributed by atoms with Gasteiger partial charge in [-0.2, -0.15) is 0 Å². The lowest BCUT2D eigenvalue weighted by molar-refractivity contribution is 0.0951. The number of halogens is 1. The summed E-state index contributed by atoms with van der Waals surface area (Å²) in [6.07, 6.45) is 4.78. The fraction of sp³-hybridized carbons (Fsp3) is 0.294. The van der Waals surface area contributed by atoms with Gasteiger partial charge in [0.15, 0.2) is 0 Å². The number of nitrogens with one attached hydrogen (secondary N) is 1. The molecule has 0 radical (unpaired) electrons. The van der Waals surface area contributed by atoms with Gasteiger partial charge < -0.3 is 5.32 Å². The van der Waals surface area contributed by atoms with Crippen molar-refractivity contribution in [3.8, 4) is 0 Å². The van der Waals surface area contributed by atoms with Crippen LogP contribution in [0.4, 0.5) is 0 Å². The highest BCUT2D eigenvalue weighted by Crippen LogP contribution is 2.11. The lowest BCUT2D eigenvalue weighted by Gasteiger charge is -2.20. The van der Waals surface area contributed by atoms with E-state index < -0.39 is 10.0 Å². The summed E-state index contributed by atoms with van der Waals surface area (Å²) in [7, 11) is -3.36. The van der Waals surface area contributed by atoms with Gasteiger partial charge in [-0.05, 0) is 36.2 Å². The molecule has 1 aromatic carbocycles. The Balaban J connectivity index is 1.88. The normalized spacial score (nSPS) is 11.5. The summed E-state index contributed by atoms with van der Waals surface area (Å²) in [5.41, 5.74) is 1.44. The predicted octanol–water partition coefficient (Wildman–Crippen LogP) is 1.97. The molecular weight excluding hydrogens is 362 g/mol. The van der Waals surface area contributed by atoms with Crippen LogP contribution < -0.4 is 5.32 Å². The Kier molecular flexibility index (Phi) is 6.92. The van der Waals surface area contributed by atoms with E-state index in [0.717, 1.165) is 11.8 Å². The Morgan fingerprint density at radius 3 is 2.52 bits per heavy atom. The number of pyridine rings is 1. The van der Waals surface area contributed by atoms with Crippen molar-refractivity contribution in [2.24, 2.45) is 0 Å². The molecule has 0 spiro atoms. The topological polar surface area (TPSA) is 79.4 Å². The smallest absolute Gasteiger partial charge is 0.252 e. The molecular formula is C17H20ClN3O3S. The Bertz CT molecular complexity index is 796. The fourth-order valence-corrected chi connectivity index (χ4v) is 3.21. The molecule has 0 bridgehead atoms. The molecule has 134 valence electrons. The lowest BCUT2D eigenvalue weighted by Crippen LogP contribution is -2.39. The Morgan fingerprint density at radius 2 is 1.92 bits per heavy atom. The molecule has 1 amide bonds. The zero-order chi connectivity index (χ0) is 18.3. The second kappa shape index (κ2) is 8.94. The minimum Gasteiger partial charge on any atom is -0.351 e. The van der Waals surface area contributed by atoms with E-state index in [1.54, 1.807) is 30.5 Å². The van der Waals surface area contributed by atoms with Crippen LogP contribution in [0.2, 0.25) is 5.02 Å². The Morgan fingerprint density at radius 1 is 1.20 bits per heavy atom. The molecule has 0 unspecified atom stereocenters. The van der Waals surface area contributed by atoms with Crippen LogP contribution in [0.5, 0.6) is 0 Å². The molecule has 2 aromatic rings. The molecule has 0 aliphatic heterocycles. The summed E-state index contributed by atoms with van der Waals surface area (Å²) in [6, 6.07) is 10.6. The van der Waals surface area contributed by atoms with Gasteiger partial charge in [-0.25, -0.2) is 12.7 Å². The van der Waals surface area contributed by atoms with E-state index in [9.17, 15) is 13.2 Å². The van der Waals surface area contributed by atoms with E-state index in [1.165, 1.54) is 10.5 Å². The third-order valence-corrected chi connectivity index (χ3v) is 5.16. The third-order valence-electron chi connectivity index (χ3n) is 3.60. The van der Waals surface area contributed by atoms with Gasteiger partial charge in [-0.3, -0.25) is 9.78 Å². The van der Waals surface area contributed by atoms with Crippen LogP contribution in [0.15, 0.2) is 48.8 Å². The number of aromatic nitrogens is 1. The fourth-order valence-electron chi connectivity index (χ4n) is 2.24. The molecule has 1 aromatic heterocycles. The summed E-state index contributed by atoms with van der Waals surface area (Å²) in [6.45, 7) is 0.767. The number of rotatable bonds is 8. The predicted molar refractivity (Wildman–Crippen MR) is 98.1 cm³/mol. The minimum atomic E-state index is -3.36. The van der Waals surface area contributed by atoms with Gasteiger partial charge >= 0.3 is 0 Å². The molecule has 0 saturated heterocycles. The summed E-state index contributed by atoms with van der Waals surface area (Å²) in [4.78, 5) is 15.8. The second-order valence-corrected chi connectivity index (χ2v) is 7.95. The van der Waals surface area contributed by atoms with Crippen molar-refractivity contribution in [1.82, 2.24) is 14.6 Å². The van der Waals surface area contributed by atoms with E-state index in [1.807, 2.05) is 12.1 Å². The molecule has 8 heteroatoms. The monoisotopic (exact) mass is 381 g/mol. The molecule has 0 aliphatic carbocycles. The van der Waals surface area contributed by atoms with Crippen LogP contribution in [-0.4, -0.2) is 49.5 Å². The first-order valence-electron chi connectivity index (χ1n) is 7.74. The first-order chi connectivity index (χ1) is 11.9. The van der Waals surface area contributed by atoms with Gasteiger partial charge in [0.2, 0.25) is 10.0 Å². The number of carbonyl (C=O) groups is 1. The average Bonchev–Trinajstić information content (AvgIpc) is 2.59. The highest BCUT2D eigenvalue weighted by molar-refractivity contribution is 7.88. The number of carbonyl (C=O) groups excluding carboxylic acids is 1. The summed E-state index contributed by atoms with van der Waals surface area (Å²) >= 11 is 5.84. The molecule has 25 heavy (non-hydrogen) atoms. The number of hydrogen-bond acceptors (Lipinski definition) is 4. The quantitative estimate of drug-likeness (QED) is 0.758. The van der Waals surface area contributed by atoms with Crippen LogP contribution in [0.3, 0.4) is 0 Å². The SMILES string of the molecule is CS(=O)(=O)N(CCNC(=O)c1cccnc1)CCc1ccc(Cl)cc1. The Hall–Kier alpha value is -1.96. The van der Waals surface area contributed by atoms with E-state index in [2.05, 4.69) is 10.3 Å². The zero-order valence-electron chi connectivity index (χ0n) is 13.9. The van der Waals surface area contributed by atoms with Crippen molar-refractivity contribution >= 4 is 27.5 Å².